The van der Waals surface area contributed by atoms with Gasteiger partial charge in [-0.05, 0) is 54.8 Å². The van der Waals surface area contributed by atoms with E-state index in [4.69, 9.17) is 14.2 Å². The Balaban J connectivity index is 1.49. The van der Waals surface area contributed by atoms with Crippen LogP contribution in [-0.2, 0) is 25.5 Å². The quantitative estimate of drug-likeness (QED) is 0.257. The molecule has 3 aliphatic rings. The second-order valence-electron chi connectivity index (χ2n) is 9.87. The third-order valence-electron chi connectivity index (χ3n) is 7.33. The molecule has 5 rings (SSSR count). The maximum Gasteiger partial charge on any atom is 0.337 e. The normalized spacial score (nSPS) is 22.8. The lowest BCUT2D eigenvalue weighted by molar-refractivity contribution is -0.140. The van der Waals surface area contributed by atoms with Crippen molar-refractivity contribution in [2.24, 2.45) is 0 Å². The van der Waals surface area contributed by atoms with Crippen molar-refractivity contribution in [1.29, 1.82) is 0 Å². The summed E-state index contributed by atoms with van der Waals surface area (Å²) in [4.78, 5) is 42.4. The van der Waals surface area contributed by atoms with Crippen molar-refractivity contribution < 1.29 is 33.7 Å². The smallest absolute Gasteiger partial charge is 0.337 e. The van der Waals surface area contributed by atoms with E-state index in [-0.39, 0.29) is 17.4 Å². The summed E-state index contributed by atoms with van der Waals surface area (Å²) in [6.07, 6.45) is 1.40. The minimum absolute atomic E-state index is 0.0350. The molecule has 0 radical (unpaired) electrons. The molecule has 38 heavy (non-hydrogen) atoms. The monoisotopic (exact) mass is 520 g/mol. The van der Waals surface area contributed by atoms with Crippen LogP contribution in [0.2, 0.25) is 0 Å². The zero-order chi connectivity index (χ0) is 26.8. The topological polar surface area (TPSA) is 106 Å². The minimum atomic E-state index is -0.783. The number of ketones is 1. The molecule has 0 bridgehead atoms. The molecule has 9 nitrogen and oxygen atoms in total. The highest BCUT2D eigenvalue weighted by atomic mass is 16.5. The summed E-state index contributed by atoms with van der Waals surface area (Å²) in [7, 11) is 1.31. The van der Waals surface area contributed by atoms with E-state index in [1.165, 1.54) is 12.0 Å². The molecule has 2 aromatic carbocycles. The van der Waals surface area contributed by atoms with Crippen LogP contribution in [0.5, 0.6) is 5.75 Å². The second-order valence-corrected chi connectivity index (χ2v) is 9.87. The fourth-order valence-electron chi connectivity index (χ4n) is 5.39. The second kappa shape index (κ2) is 11.0. The Morgan fingerprint density at radius 1 is 1.05 bits per heavy atom. The van der Waals surface area contributed by atoms with E-state index in [2.05, 4.69) is 4.90 Å². The van der Waals surface area contributed by atoms with Gasteiger partial charge in [-0.25, -0.2) is 4.79 Å². The van der Waals surface area contributed by atoms with E-state index < -0.39 is 23.7 Å². The van der Waals surface area contributed by atoms with Gasteiger partial charge in [0, 0.05) is 38.2 Å². The first kappa shape index (κ1) is 25.9. The van der Waals surface area contributed by atoms with Gasteiger partial charge in [0.05, 0.1) is 37.5 Å². The van der Waals surface area contributed by atoms with E-state index in [9.17, 15) is 19.5 Å². The van der Waals surface area contributed by atoms with E-state index in [1.807, 2.05) is 13.0 Å². The number of hydrogen-bond donors (Lipinski definition) is 1. The molecule has 200 valence electrons. The number of carbonyl (C=O) groups is 3. The van der Waals surface area contributed by atoms with Crippen LogP contribution in [0.25, 0.3) is 5.76 Å². The number of aliphatic hydroxyl groups excluding tert-OH is 1. The van der Waals surface area contributed by atoms with Gasteiger partial charge in [-0.2, -0.15) is 0 Å². The highest BCUT2D eigenvalue weighted by Crippen LogP contribution is 2.40. The molecule has 2 unspecified atom stereocenters. The van der Waals surface area contributed by atoms with Crippen molar-refractivity contribution in [3.8, 4) is 5.75 Å². The zero-order valence-electron chi connectivity index (χ0n) is 21.6. The molecule has 1 N–H and O–H groups in total. The molecular weight excluding hydrogens is 488 g/mol. The summed E-state index contributed by atoms with van der Waals surface area (Å²) < 4.78 is 16.0. The van der Waals surface area contributed by atoms with Gasteiger partial charge in [0.2, 0.25) is 0 Å². The number of hydrogen-bond acceptors (Lipinski definition) is 8. The van der Waals surface area contributed by atoms with Crippen molar-refractivity contribution in [3.63, 3.8) is 0 Å². The molecule has 2 atom stereocenters. The van der Waals surface area contributed by atoms with Gasteiger partial charge in [0.1, 0.15) is 17.6 Å². The highest BCUT2D eigenvalue weighted by Gasteiger charge is 2.46. The molecule has 1 amide bonds. The van der Waals surface area contributed by atoms with Crippen LogP contribution < -0.4 is 4.74 Å². The number of methoxy groups -OCH3 is 1. The first-order chi connectivity index (χ1) is 18.4. The number of amides is 1. The van der Waals surface area contributed by atoms with Crippen LogP contribution in [-0.4, -0.2) is 85.2 Å². The van der Waals surface area contributed by atoms with Crippen molar-refractivity contribution >= 4 is 23.4 Å². The fraction of sp³-hybridized carbons (Fsp3) is 0.414. The van der Waals surface area contributed by atoms with Crippen LogP contribution in [0.3, 0.4) is 0 Å². The van der Waals surface area contributed by atoms with Gasteiger partial charge in [-0.1, -0.05) is 12.1 Å². The first-order valence-corrected chi connectivity index (χ1v) is 12.9. The maximum absolute atomic E-state index is 13.4. The van der Waals surface area contributed by atoms with Gasteiger partial charge in [0.25, 0.3) is 11.7 Å². The number of likely N-dealkylation sites (tertiary alicyclic amines) is 1. The number of esters is 1. The Morgan fingerprint density at radius 2 is 1.76 bits per heavy atom. The van der Waals surface area contributed by atoms with Crippen molar-refractivity contribution in [2.75, 3.05) is 46.5 Å². The SMILES string of the molecule is COC(=O)c1ccc(C2/C(=C(/O)c3ccc4c(c3)CC(C)O4)C(=O)C(=O)N2CCCN2CCOCC2)cc1. The molecule has 2 aromatic rings. The predicted molar refractivity (Wildman–Crippen MR) is 139 cm³/mol. The van der Waals surface area contributed by atoms with Crippen LogP contribution in [0.1, 0.15) is 46.4 Å². The number of morpholine rings is 1. The fourth-order valence-corrected chi connectivity index (χ4v) is 5.39. The van der Waals surface area contributed by atoms with Crippen LogP contribution >= 0.6 is 0 Å². The predicted octanol–water partition coefficient (Wildman–Crippen LogP) is 2.94. The molecule has 2 fully saturated rings. The number of benzene rings is 2. The van der Waals surface area contributed by atoms with E-state index in [0.29, 0.717) is 49.3 Å². The number of nitrogens with zero attached hydrogens (tertiary/aromatic N) is 2. The average molecular weight is 521 g/mol. The third kappa shape index (κ3) is 5.04. The number of aliphatic hydroxyl groups is 1. The van der Waals surface area contributed by atoms with Crippen LogP contribution in [0, 0.1) is 0 Å². The molecular formula is C29H32N2O7. The lowest BCUT2D eigenvalue weighted by Crippen LogP contribution is -2.39. The number of fused-ring (bicyclic) bond motifs is 1. The summed E-state index contributed by atoms with van der Waals surface area (Å²) in [5, 5.41) is 11.4. The zero-order valence-corrected chi connectivity index (χ0v) is 21.6. The van der Waals surface area contributed by atoms with E-state index in [1.54, 1.807) is 36.4 Å². The Kier molecular flexibility index (Phi) is 7.49. The Bertz CT molecular complexity index is 1260. The first-order valence-electron chi connectivity index (χ1n) is 12.9. The summed E-state index contributed by atoms with van der Waals surface area (Å²) in [6, 6.07) is 11.1. The standard InChI is InChI=1S/C29H32N2O7/c1-18-16-22-17-21(8-9-23(22)38-18)26(32)24-25(19-4-6-20(7-5-19)29(35)36-2)31(28(34)27(24)33)11-3-10-30-12-14-37-15-13-30/h4-9,17-18,25,32H,3,10-16H2,1-2H3/b26-24-. The Labute approximate surface area is 221 Å². The largest absolute Gasteiger partial charge is 0.507 e. The molecule has 3 aliphatic heterocycles. The van der Waals surface area contributed by atoms with Gasteiger partial charge < -0.3 is 24.2 Å². The summed E-state index contributed by atoms with van der Waals surface area (Å²) in [5.74, 6) is -1.31. The van der Waals surface area contributed by atoms with Crippen molar-refractivity contribution in [1.82, 2.24) is 9.80 Å². The Morgan fingerprint density at radius 3 is 2.47 bits per heavy atom. The third-order valence-corrected chi connectivity index (χ3v) is 7.33. The van der Waals surface area contributed by atoms with Gasteiger partial charge in [-0.15, -0.1) is 0 Å². The van der Waals surface area contributed by atoms with E-state index >= 15 is 0 Å². The average Bonchev–Trinajstić information content (AvgIpc) is 3.44. The molecule has 3 heterocycles. The van der Waals surface area contributed by atoms with Gasteiger partial charge in [0.15, 0.2) is 0 Å². The number of carbonyl (C=O) groups excluding carboxylic acids is 3. The molecule has 0 aliphatic carbocycles. The number of ether oxygens (including phenoxy) is 3. The lowest BCUT2D eigenvalue weighted by atomic mass is 9.94. The Hall–Kier alpha value is -3.69. The molecule has 0 saturated carbocycles. The molecule has 0 aromatic heterocycles. The lowest BCUT2D eigenvalue weighted by Gasteiger charge is -2.29. The summed E-state index contributed by atoms with van der Waals surface area (Å²) >= 11 is 0. The molecule has 0 spiro atoms. The minimum Gasteiger partial charge on any atom is -0.507 e. The van der Waals surface area contributed by atoms with Crippen molar-refractivity contribution in [3.05, 3.63) is 70.3 Å². The van der Waals surface area contributed by atoms with E-state index in [0.717, 1.165) is 30.9 Å². The molecule has 9 heteroatoms. The number of rotatable bonds is 7. The van der Waals surface area contributed by atoms with Crippen LogP contribution in [0.15, 0.2) is 48.0 Å². The van der Waals surface area contributed by atoms with Crippen molar-refractivity contribution in [2.45, 2.75) is 31.9 Å². The summed E-state index contributed by atoms with van der Waals surface area (Å²) in [5.41, 5.74) is 2.43. The highest BCUT2D eigenvalue weighted by molar-refractivity contribution is 6.46. The number of Topliss-reactive ketones (excluding diaryl/α,β-unsaturated/α-hetero) is 1. The molecule has 2 saturated heterocycles. The van der Waals surface area contributed by atoms with Gasteiger partial charge >= 0.3 is 5.97 Å². The summed E-state index contributed by atoms with van der Waals surface area (Å²) in [6.45, 7) is 6.11. The maximum atomic E-state index is 13.4. The van der Waals surface area contributed by atoms with Crippen LogP contribution in [0.4, 0.5) is 0 Å². The van der Waals surface area contributed by atoms with Gasteiger partial charge in [-0.3, -0.25) is 14.5 Å².